The third-order valence-corrected chi connectivity index (χ3v) is 6.18. The van der Waals surface area contributed by atoms with Crippen LogP contribution in [0.3, 0.4) is 0 Å². The molecule has 2 aliphatic rings. The smallest absolute Gasteiger partial charge is 0.226 e. The molecular weight excluding hydrogens is 344 g/mol. The van der Waals surface area contributed by atoms with Crippen LogP contribution in [0.1, 0.15) is 38.2 Å². The summed E-state index contributed by atoms with van der Waals surface area (Å²) >= 11 is 0. The first kappa shape index (κ1) is 19.2. The maximum absolute atomic E-state index is 13.3. The van der Waals surface area contributed by atoms with Crippen LogP contribution in [0.15, 0.2) is 42.5 Å². The Labute approximate surface area is 162 Å². The molecule has 1 saturated heterocycles. The summed E-state index contributed by atoms with van der Waals surface area (Å²) in [6.07, 6.45) is 4.82. The summed E-state index contributed by atoms with van der Waals surface area (Å²) < 4.78 is 0. The Kier molecular flexibility index (Phi) is 6.20. The second-order valence-corrected chi connectivity index (χ2v) is 7.75. The standard InChI is InChI=1S/C22H28N2O.ClH/c1-16(19-13-23-14-19)22(25)24(20-10-3-4-11-20)15-18-9-6-8-17-7-2-5-12-21(17)18;/h2,5-9,12,16,19-20,23H,3-4,10-11,13-15H2,1H3;1H. The van der Waals surface area contributed by atoms with Crippen molar-refractivity contribution in [2.75, 3.05) is 13.1 Å². The molecule has 1 heterocycles. The zero-order valence-electron chi connectivity index (χ0n) is 15.5. The lowest BCUT2D eigenvalue weighted by Crippen LogP contribution is -2.51. The second-order valence-electron chi connectivity index (χ2n) is 7.75. The van der Waals surface area contributed by atoms with E-state index in [9.17, 15) is 4.79 Å². The van der Waals surface area contributed by atoms with Crippen molar-refractivity contribution in [3.8, 4) is 0 Å². The maximum Gasteiger partial charge on any atom is 0.226 e. The van der Waals surface area contributed by atoms with Crippen molar-refractivity contribution in [2.45, 2.75) is 45.2 Å². The number of rotatable bonds is 5. The lowest BCUT2D eigenvalue weighted by molar-refractivity contribution is -0.140. The van der Waals surface area contributed by atoms with Gasteiger partial charge in [-0.3, -0.25) is 4.79 Å². The molecule has 4 heteroatoms. The Balaban J connectivity index is 0.00000196. The number of carbonyl (C=O) groups excluding carboxylic acids is 1. The third-order valence-electron chi connectivity index (χ3n) is 6.18. The fourth-order valence-electron chi connectivity index (χ4n) is 4.34. The molecule has 1 aliphatic heterocycles. The predicted octanol–water partition coefficient (Wildman–Crippen LogP) is 4.39. The number of hydrogen-bond acceptors (Lipinski definition) is 2. The van der Waals surface area contributed by atoms with Crippen LogP contribution < -0.4 is 5.32 Å². The van der Waals surface area contributed by atoms with Crippen molar-refractivity contribution in [2.24, 2.45) is 11.8 Å². The minimum absolute atomic E-state index is 0. The van der Waals surface area contributed by atoms with Crippen molar-refractivity contribution in [3.63, 3.8) is 0 Å². The monoisotopic (exact) mass is 372 g/mol. The Morgan fingerprint density at radius 3 is 2.50 bits per heavy atom. The van der Waals surface area contributed by atoms with Gasteiger partial charge in [0.2, 0.25) is 5.91 Å². The van der Waals surface area contributed by atoms with Crippen LogP contribution in [0.2, 0.25) is 0 Å². The molecule has 1 amide bonds. The van der Waals surface area contributed by atoms with E-state index in [1.807, 2.05) is 0 Å². The largest absolute Gasteiger partial charge is 0.335 e. The number of amides is 1. The summed E-state index contributed by atoms with van der Waals surface area (Å²) in [7, 11) is 0. The van der Waals surface area contributed by atoms with Gasteiger partial charge < -0.3 is 10.2 Å². The van der Waals surface area contributed by atoms with Gasteiger partial charge in [-0.1, -0.05) is 62.2 Å². The van der Waals surface area contributed by atoms with E-state index in [0.29, 0.717) is 17.9 Å². The van der Waals surface area contributed by atoms with Crippen LogP contribution in [0.4, 0.5) is 0 Å². The molecule has 140 valence electrons. The average Bonchev–Trinajstić information content (AvgIpc) is 3.12. The molecule has 4 rings (SSSR count). The van der Waals surface area contributed by atoms with Gasteiger partial charge >= 0.3 is 0 Å². The van der Waals surface area contributed by atoms with Gasteiger partial charge in [-0.15, -0.1) is 12.4 Å². The SMILES string of the molecule is CC(C(=O)N(Cc1cccc2ccccc12)C1CCCC1)C1CNC1.Cl. The molecule has 26 heavy (non-hydrogen) atoms. The van der Waals surface area contributed by atoms with Gasteiger partial charge in [-0.2, -0.15) is 0 Å². The quantitative estimate of drug-likeness (QED) is 0.844. The molecule has 3 nitrogen and oxygen atoms in total. The third kappa shape index (κ3) is 3.74. The van der Waals surface area contributed by atoms with Crippen LogP contribution in [-0.4, -0.2) is 29.9 Å². The Bertz CT molecular complexity index is 747. The van der Waals surface area contributed by atoms with Crippen LogP contribution >= 0.6 is 12.4 Å². The first-order valence-corrected chi connectivity index (χ1v) is 9.72. The molecule has 2 aromatic rings. The van der Waals surface area contributed by atoms with E-state index in [-0.39, 0.29) is 18.3 Å². The fraction of sp³-hybridized carbons (Fsp3) is 0.500. The van der Waals surface area contributed by atoms with E-state index in [1.54, 1.807) is 0 Å². The highest BCUT2D eigenvalue weighted by molar-refractivity contribution is 5.86. The predicted molar refractivity (Wildman–Crippen MR) is 110 cm³/mol. The highest BCUT2D eigenvalue weighted by Crippen LogP contribution is 2.30. The molecule has 1 aliphatic carbocycles. The van der Waals surface area contributed by atoms with Crippen molar-refractivity contribution in [3.05, 3.63) is 48.0 Å². The molecule has 1 atom stereocenters. The zero-order chi connectivity index (χ0) is 17.2. The summed E-state index contributed by atoms with van der Waals surface area (Å²) in [4.78, 5) is 15.5. The van der Waals surface area contributed by atoms with E-state index in [0.717, 1.165) is 32.5 Å². The zero-order valence-corrected chi connectivity index (χ0v) is 16.3. The van der Waals surface area contributed by atoms with E-state index in [2.05, 4.69) is 59.6 Å². The van der Waals surface area contributed by atoms with E-state index >= 15 is 0 Å². The average molecular weight is 373 g/mol. The van der Waals surface area contributed by atoms with E-state index in [1.165, 1.54) is 29.2 Å². The topological polar surface area (TPSA) is 32.3 Å². The molecule has 1 N–H and O–H groups in total. The Hall–Kier alpha value is -1.58. The maximum atomic E-state index is 13.3. The molecule has 0 radical (unpaired) electrons. The Morgan fingerprint density at radius 2 is 1.81 bits per heavy atom. The summed E-state index contributed by atoms with van der Waals surface area (Å²) in [5.41, 5.74) is 1.28. The molecule has 2 aromatic carbocycles. The number of fused-ring (bicyclic) bond motifs is 1. The van der Waals surface area contributed by atoms with Crippen LogP contribution in [0.5, 0.6) is 0 Å². The van der Waals surface area contributed by atoms with E-state index in [4.69, 9.17) is 0 Å². The molecule has 1 saturated carbocycles. The van der Waals surface area contributed by atoms with Gasteiger partial charge in [0.25, 0.3) is 0 Å². The number of halogens is 1. The highest BCUT2D eigenvalue weighted by Gasteiger charge is 2.35. The summed E-state index contributed by atoms with van der Waals surface area (Å²) in [5, 5.41) is 5.84. The first-order chi connectivity index (χ1) is 12.2. The highest BCUT2D eigenvalue weighted by atomic mass is 35.5. The molecule has 1 unspecified atom stereocenters. The van der Waals surface area contributed by atoms with Crippen LogP contribution in [0.25, 0.3) is 10.8 Å². The van der Waals surface area contributed by atoms with Gasteiger partial charge in [0.15, 0.2) is 0 Å². The van der Waals surface area contributed by atoms with Gasteiger partial charge in [-0.05, 0) is 48.2 Å². The summed E-state index contributed by atoms with van der Waals surface area (Å²) in [6, 6.07) is 15.4. The van der Waals surface area contributed by atoms with Crippen molar-refractivity contribution in [1.82, 2.24) is 10.2 Å². The molecular formula is C22H29ClN2O. The number of benzene rings is 2. The van der Waals surface area contributed by atoms with Gasteiger partial charge in [-0.25, -0.2) is 0 Å². The lowest BCUT2D eigenvalue weighted by atomic mass is 9.87. The summed E-state index contributed by atoms with van der Waals surface area (Å²) in [5.74, 6) is 0.979. The van der Waals surface area contributed by atoms with Gasteiger partial charge in [0.1, 0.15) is 0 Å². The number of nitrogens with one attached hydrogen (secondary N) is 1. The molecule has 0 aromatic heterocycles. The van der Waals surface area contributed by atoms with Crippen molar-refractivity contribution < 1.29 is 4.79 Å². The number of hydrogen-bond donors (Lipinski definition) is 1. The number of carbonyl (C=O) groups is 1. The Morgan fingerprint density at radius 1 is 1.12 bits per heavy atom. The number of nitrogens with zero attached hydrogens (tertiary/aromatic N) is 1. The van der Waals surface area contributed by atoms with Crippen molar-refractivity contribution >= 4 is 29.1 Å². The lowest BCUT2D eigenvalue weighted by Gasteiger charge is -2.37. The fourth-order valence-corrected chi connectivity index (χ4v) is 4.34. The summed E-state index contributed by atoms with van der Waals surface area (Å²) in [6.45, 7) is 4.84. The van der Waals surface area contributed by atoms with Crippen molar-refractivity contribution in [1.29, 1.82) is 0 Å². The minimum Gasteiger partial charge on any atom is -0.335 e. The molecule has 2 fully saturated rings. The van der Waals surface area contributed by atoms with E-state index < -0.39 is 0 Å². The van der Waals surface area contributed by atoms with Gasteiger partial charge in [0, 0.05) is 18.5 Å². The molecule has 0 bridgehead atoms. The van der Waals surface area contributed by atoms with Crippen LogP contribution in [0, 0.1) is 11.8 Å². The van der Waals surface area contributed by atoms with Gasteiger partial charge in [0.05, 0.1) is 0 Å². The molecule has 0 spiro atoms. The second kappa shape index (κ2) is 8.41. The minimum atomic E-state index is 0. The first-order valence-electron chi connectivity index (χ1n) is 9.72. The normalized spacial score (nSPS) is 19.0. The van der Waals surface area contributed by atoms with Crippen LogP contribution in [-0.2, 0) is 11.3 Å².